The molecule has 0 atom stereocenters. The summed E-state index contributed by atoms with van der Waals surface area (Å²) in [4.78, 5) is 18.7. The number of likely N-dealkylation sites (tertiary alicyclic amines) is 1. The molecule has 0 bridgehead atoms. The van der Waals surface area contributed by atoms with Gasteiger partial charge < -0.3 is 19.9 Å². The third kappa shape index (κ3) is 3.89. The Labute approximate surface area is 161 Å². The van der Waals surface area contributed by atoms with E-state index in [2.05, 4.69) is 29.6 Å². The number of hydrogen-bond donors (Lipinski definition) is 1. The van der Waals surface area contributed by atoms with Crippen LogP contribution in [-0.2, 0) is 11.8 Å². The normalized spacial score (nSPS) is 16.3. The fourth-order valence-electron chi connectivity index (χ4n) is 4.05. The molecule has 148 valence electrons. The Morgan fingerprint density at radius 3 is 2.48 bits per heavy atom. The molecule has 6 nitrogen and oxygen atoms in total. The quantitative estimate of drug-likeness (QED) is 0.848. The number of aryl methyl sites for hydroxylation is 1. The number of nitrogens with two attached hydrogens (primary N) is 1. The first-order chi connectivity index (χ1) is 12.6. The van der Waals surface area contributed by atoms with Gasteiger partial charge in [-0.1, -0.05) is 13.8 Å². The number of pyridine rings is 1. The number of hydrogen-bond acceptors (Lipinski definition) is 4. The Hall–Kier alpha value is -2.24. The monoisotopic (exact) mass is 372 g/mol. The molecule has 1 aliphatic rings. The van der Waals surface area contributed by atoms with E-state index in [0.717, 1.165) is 24.2 Å². The molecule has 0 aliphatic carbocycles. The van der Waals surface area contributed by atoms with E-state index in [9.17, 15) is 4.79 Å². The van der Waals surface area contributed by atoms with Crippen molar-refractivity contribution >= 4 is 22.8 Å². The van der Waals surface area contributed by atoms with Crippen LogP contribution in [0.4, 0.5) is 10.5 Å². The highest BCUT2D eigenvalue weighted by Crippen LogP contribution is 2.39. The third-order valence-electron chi connectivity index (χ3n) is 5.25. The van der Waals surface area contributed by atoms with Gasteiger partial charge in [-0.15, -0.1) is 0 Å². The molecule has 1 saturated heterocycles. The number of ether oxygens (including phenoxy) is 1. The SMILES string of the molecule is CC(C)c1c(N)cnc2c1c(C1CCN(C(=O)OC(C)(C)C)CC1)cn2C. The van der Waals surface area contributed by atoms with Gasteiger partial charge in [-0.05, 0) is 56.6 Å². The summed E-state index contributed by atoms with van der Waals surface area (Å²) < 4.78 is 7.61. The van der Waals surface area contributed by atoms with Crippen LogP contribution in [0.15, 0.2) is 12.4 Å². The predicted molar refractivity (Wildman–Crippen MR) is 109 cm³/mol. The third-order valence-corrected chi connectivity index (χ3v) is 5.25. The Bertz CT molecular complexity index is 840. The number of amides is 1. The maximum absolute atomic E-state index is 12.3. The zero-order valence-electron chi connectivity index (χ0n) is 17.4. The molecule has 3 heterocycles. The van der Waals surface area contributed by atoms with Gasteiger partial charge in [0.1, 0.15) is 11.2 Å². The predicted octanol–water partition coefficient (Wildman–Crippen LogP) is 4.39. The van der Waals surface area contributed by atoms with Crippen LogP contribution in [0.25, 0.3) is 11.0 Å². The average Bonchev–Trinajstić information content (AvgIpc) is 2.89. The van der Waals surface area contributed by atoms with Crippen molar-refractivity contribution in [1.29, 1.82) is 0 Å². The smallest absolute Gasteiger partial charge is 0.410 e. The average molecular weight is 373 g/mol. The van der Waals surface area contributed by atoms with Gasteiger partial charge in [-0.2, -0.15) is 0 Å². The molecule has 2 aromatic rings. The number of rotatable bonds is 2. The molecule has 0 radical (unpaired) electrons. The number of carbonyl (C=O) groups is 1. The fraction of sp³-hybridized carbons (Fsp3) is 0.619. The maximum atomic E-state index is 12.3. The molecule has 0 aromatic carbocycles. The van der Waals surface area contributed by atoms with Crippen molar-refractivity contribution in [1.82, 2.24) is 14.5 Å². The van der Waals surface area contributed by atoms with Gasteiger partial charge in [-0.3, -0.25) is 0 Å². The lowest BCUT2D eigenvalue weighted by atomic mass is 9.86. The number of nitrogen functional groups attached to an aromatic ring is 1. The fourth-order valence-corrected chi connectivity index (χ4v) is 4.05. The lowest BCUT2D eigenvalue weighted by molar-refractivity contribution is 0.0205. The molecule has 0 spiro atoms. The molecule has 27 heavy (non-hydrogen) atoms. The molecule has 3 rings (SSSR count). The minimum atomic E-state index is -0.459. The Morgan fingerprint density at radius 1 is 1.30 bits per heavy atom. The highest BCUT2D eigenvalue weighted by atomic mass is 16.6. The molecule has 1 fully saturated rings. The van der Waals surface area contributed by atoms with Crippen LogP contribution in [0.2, 0.25) is 0 Å². The van der Waals surface area contributed by atoms with E-state index in [1.54, 1.807) is 6.20 Å². The zero-order chi connectivity index (χ0) is 19.9. The summed E-state index contributed by atoms with van der Waals surface area (Å²) in [6.45, 7) is 11.5. The first-order valence-corrected chi connectivity index (χ1v) is 9.79. The first kappa shape index (κ1) is 19.5. The highest BCUT2D eigenvalue weighted by molar-refractivity contribution is 5.89. The van der Waals surface area contributed by atoms with Crippen molar-refractivity contribution in [2.45, 2.75) is 64.9 Å². The van der Waals surface area contributed by atoms with Crippen LogP contribution in [0.3, 0.4) is 0 Å². The summed E-state index contributed by atoms with van der Waals surface area (Å²) in [5.41, 5.74) is 10.1. The number of aromatic nitrogens is 2. The second-order valence-electron chi connectivity index (χ2n) is 8.92. The Morgan fingerprint density at radius 2 is 1.93 bits per heavy atom. The summed E-state index contributed by atoms with van der Waals surface area (Å²) >= 11 is 0. The van der Waals surface area contributed by atoms with Crippen LogP contribution in [-0.4, -0.2) is 39.2 Å². The largest absolute Gasteiger partial charge is 0.444 e. The number of anilines is 1. The molecule has 1 amide bonds. The lowest BCUT2D eigenvalue weighted by Gasteiger charge is -2.33. The maximum Gasteiger partial charge on any atom is 0.410 e. The molecule has 0 saturated carbocycles. The van der Waals surface area contributed by atoms with E-state index in [1.807, 2.05) is 32.7 Å². The van der Waals surface area contributed by atoms with Gasteiger partial charge >= 0.3 is 6.09 Å². The molecule has 6 heteroatoms. The minimum Gasteiger partial charge on any atom is -0.444 e. The van der Waals surface area contributed by atoms with Crippen LogP contribution in [0.5, 0.6) is 0 Å². The van der Waals surface area contributed by atoms with E-state index in [1.165, 1.54) is 16.5 Å². The van der Waals surface area contributed by atoms with Crippen molar-refractivity contribution in [2.24, 2.45) is 7.05 Å². The standard InChI is InChI=1S/C21H32N4O2/c1-13(2)17-16(22)11-23-19-18(17)15(12-24(19)6)14-7-9-25(10-8-14)20(26)27-21(3,4)5/h11-14H,7-10,22H2,1-6H3. The summed E-state index contributed by atoms with van der Waals surface area (Å²) in [6, 6.07) is 0. The van der Waals surface area contributed by atoms with Crippen molar-refractivity contribution in [2.75, 3.05) is 18.8 Å². The summed E-state index contributed by atoms with van der Waals surface area (Å²) in [6.07, 6.45) is 5.59. The first-order valence-electron chi connectivity index (χ1n) is 9.79. The topological polar surface area (TPSA) is 73.4 Å². The second-order valence-corrected chi connectivity index (χ2v) is 8.92. The van der Waals surface area contributed by atoms with E-state index in [4.69, 9.17) is 10.5 Å². The summed E-state index contributed by atoms with van der Waals surface area (Å²) in [7, 11) is 2.04. The summed E-state index contributed by atoms with van der Waals surface area (Å²) in [5, 5.41) is 1.20. The van der Waals surface area contributed by atoms with Crippen LogP contribution in [0.1, 0.15) is 70.4 Å². The van der Waals surface area contributed by atoms with Gasteiger partial charge in [0.05, 0.1) is 11.9 Å². The highest BCUT2D eigenvalue weighted by Gasteiger charge is 2.30. The van der Waals surface area contributed by atoms with Crippen molar-refractivity contribution in [3.8, 4) is 0 Å². The number of carbonyl (C=O) groups excluding carboxylic acids is 1. The number of nitrogens with zero attached hydrogens (tertiary/aromatic N) is 3. The van der Waals surface area contributed by atoms with Crippen molar-refractivity contribution in [3.05, 3.63) is 23.5 Å². The van der Waals surface area contributed by atoms with Gasteiger partial charge in [0, 0.05) is 31.7 Å². The van der Waals surface area contributed by atoms with E-state index < -0.39 is 5.60 Å². The molecular formula is C21H32N4O2. The van der Waals surface area contributed by atoms with Gasteiger partial charge in [0.25, 0.3) is 0 Å². The molecule has 2 N–H and O–H groups in total. The minimum absolute atomic E-state index is 0.215. The van der Waals surface area contributed by atoms with Crippen molar-refractivity contribution in [3.63, 3.8) is 0 Å². The summed E-state index contributed by atoms with van der Waals surface area (Å²) in [5.74, 6) is 0.729. The van der Waals surface area contributed by atoms with Crippen LogP contribution < -0.4 is 5.73 Å². The van der Waals surface area contributed by atoms with Gasteiger partial charge in [0.15, 0.2) is 0 Å². The van der Waals surface area contributed by atoms with E-state index in [-0.39, 0.29) is 6.09 Å². The van der Waals surface area contributed by atoms with Crippen LogP contribution in [0, 0.1) is 0 Å². The Kier molecular flexibility index (Phi) is 5.10. The number of fused-ring (bicyclic) bond motifs is 1. The molecule has 0 unspecified atom stereocenters. The molecular weight excluding hydrogens is 340 g/mol. The molecule has 2 aromatic heterocycles. The lowest BCUT2D eigenvalue weighted by Crippen LogP contribution is -2.41. The van der Waals surface area contributed by atoms with E-state index >= 15 is 0 Å². The number of piperidine rings is 1. The Balaban J connectivity index is 1.86. The van der Waals surface area contributed by atoms with Gasteiger partial charge in [-0.25, -0.2) is 9.78 Å². The zero-order valence-corrected chi connectivity index (χ0v) is 17.4. The van der Waals surface area contributed by atoms with Gasteiger partial charge in [0.2, 0.25) is 0 Å². The van der Waals surface area contributed by atoms with Crippen molar-refractivity contribution < 1.29 is 9.53 Å². The molecule has 1 aliphatic heterocycles. The van der Waals surface area contributed by atoms with Crippen LogP contribution >= 0.6 is 0 Å². The second kappa shape index (κ2) is 7.06. The van der Waals surface area contributed by atoms with E-state index in [0.29, 0.717) is 24.9 Å².